The highest BCUT2D eigenvalue weighted by Crippen LogP contribution is 2.13. The molecule has 114 valence electrons. The van der Waals surface area contributed by atoms with Gasteiger partial charge >= 0.3 is 5.97 Å². The molecule has 2 aromatic carbocycles. The number of halogens is 2. The van der Waals surface area contributed by atoms with Crippen LogP contribution in [0.25, 0.3) is 0 Å². The van der Waals surface area contributed by atoms with E-state index in [9.17, 15) is 9.59 Å². The van der Waals surface area contributed by atoms with Crippen LogP contribution >= 0.6 is 23.2 Å². The van der Waals surface area contributed by atoms with Crippen LogP contribution in [-0.4, -0.2) is 18.5 Å². The Morgan fingerprint density at radius 1 is 0.909 bits per heavy atom. The Kier molecular flexibility index (Phi) is 5.81. The molecule has 0 spiro atoms. The zero-order chi connectivity index (χ0) is 15.9. The molecule has 0 aliphatic carbocycles. The molecule has 0 bridgehead atoms. The largest absolute Gasteiger partial charge is 0.455 e. The van der Waals surface area contributed by atoms with E-state index in [0.717, 1.165) is 5.56 Å². The monoisotopic (exact) mass is 337 g/mol. The molecule has 1 amide bonds. The Balaban J connectivity index is 1.76. The van der Waals surface area contributed by atoms with Crippen molar-refractivity contribution in [2.75, 3.05) is 11.9 Å². The Labute approximate surface area is 138 Å². The van der Waals surface area contributed by atoms with Crippen molar-refractivity contribution in [2.45, 2.75) is 6.42 Å². The summed E-state index contributed by atoms with van der Waals surface area (Å²) in [6.45, 7) is -0.338. The van der Waals surface area contributed by atoms with Gasteiger partial charge in [0.2, 0.25) is 0 Å². The molecule has 0 saturated carbocycles. The van der Waals surface area contributed by atoms with Crippen LogP contribution in [0.2, 0.25) is 10.0 Å². The molecule has 22 heavy (non-hydrogen) atoms. The number of esters is 1. The van der Waals surface area contributed by atoms with Crippen LogP contribution < -0.4 is 5.32 Å². The van der Waals surface area contributed by atoms with Gasteiger partial charge in [0.15, 0.2) is 6.61 Å². The Morgan fingerprint density at radius 3 is 2.05 bits per heavy atom. The van der Waals surface area contributed by atoms with Gasteiger partial charge in [0, 0.05) is 15.7 Å². The van der Waals surface area contributed by atoms with Crippen molar-refractivity contribution in [1.82, 2.24) is 0 Å². The van der Waals surface area contributed by atoms with Crippen molar-refractivity contribution < 1.29 is 14.3 Å². The lowest BCUT2D eigenvalue weighted by Gasteiger charge is -2.07. The lowest BCUT2D eigenvalue weighted by molar-refractivity contribution is -0.146. The first-order valence-electron chi connectivity index (χ1n) is 6.48. The molecule has 2 rings (SSSR count). The number of carbonyl (C=O) groups is 2. The van der Waals surface area contributed by atoms with Crippen LogP contribution in [0.3, 0.4) is 0 Å². The average Bonchev–Trinajstić information content (AvgIpc) is 2.50. The molecule has 4 nitrogen and oxygen atoms in total. The summed E-state index contributed by atoms with van der Waals surface area (Å²) in [5, 5.41) is 3.78. The quantitative estimate of drug-likeness (QED) is 0.846. The number of carbonyl (C=O) groups excluding carboxylic acids is 2. The number of benzene rings is 2. The van der Waals surface area contributed by atoms with Crippen molar-refractivity contribution in [3.8, 4) is 0 Å². The summed E-state index contributed by atoms with van der Waals surface area (Å²) < 4.78 is 4.92. The first-order chi connectivity index (χ1) is 10.5. The molecule has 0 saturated heterocycles. The van der Waals surface area contributed by atoms with Gasteiger partial charge in [0.25, 0.3) is 5.91 Å². The number of rotatable bonds is 5. The maximum atomic E-state index is 11.7. The number of hydrogen-bond acceptors (Lipinski definition) is 3. The molecule has 0 atom stereocenters. The first-order valence-corrected chi connectivity index (χ1v) is 7.24. The van der Waals surface area contributed by atoms with Crippen LogP contribution in [0.4, 0.5) is 5.69 Å². The normalized spacial score (nSPS) is 10.1. The van der Waals surface area contributed by atoms with Gasteiger partial charge in [-0.05, 0) is 42.0 Å². The van der Waals surface area contributed by atoms with Crippen LogP contribution in [0.5, 0.6) is 0 Å². The minimum absolute atomic E-state index is 0.0887. The average molecular weight is 338 g/mol. The molecule has 0 aromatic heterocycles. The third kappa shape index (κ3) is 5.39. The molecule has 2 aromatic rings. The van der Waals surface area contributed by atoms with Crippen LogP contribution in [0, 0.1) is 0 Å². The van der Waals surface area contributed by atoms with E-state index >= 15 is 0 Å². The summed E-state index contributed by atoms with van der Waals surface area (Å²) in [4.78, 5) is 23.3. The maximum absolute atomic E-state index is 11.7. The molecule has 0 unspecified atom stereocenters. The zero-order valence-electron chi connectivity index (χ0n) is 11.5. The SMILES string of the molecule is O=C(COC(=O)Cc1ccc(Cl)cc1)Nc1ccc(Cl)cc1. The molecular weight excluding hydrogens is 325 g/mol. The first kappa shape index (κ1) is 16.3. The summed E-state index contributed by atoms with van der Waals surface area (Å²) >= 11 is 11.5. The van der Waals surface area contributed by atoms with Crippen molar-refractivity contribution in [1.29, 1.82) is 0 Å². The number of hydrogen-bond donors (Lipinski definition) is 1. The number of nitrogens with one attached hydrogen (secondary N) is 1. The summed E-state index contributed by atoms with van der Waals surface area (Å²) in [7, 11) is 0. The van der Waals surface area contributed by atoms with Crippen LogP contribution in [0.1, 0.15) is 5.56 Å². The van der Waals surface area contributed by atoms with E-state index in [0.29, 0.717) is 15.7 Å². The molecule has 0 aliphatic rings. The summed E-state index contributed by atoms with van der Waals surface area (Å²) in [5.41, 5.74) is 1.36. The Bertz CT molecular complexity index is 595. The fraction of sp³-hybridized carbons (Fsp3) is 0.125. The van der Waals surface area contributed by atoms with Crippen molar-refractivity contribution in [3.05, 3.63) is 64.1 Å². The van der Waals surface area contributed by atoms with Gasteiger partial charge in [-0.15, -0.1) is 0 Å². The van der Waals surface area contributed by atoms with Gasteiger partial charge in [-0.3, -0.25) is 9.59 Å². The number of amides is 1. The highest BCUT2D eigenvalue weighted by molar-refractivity contribution is 6.30. The second-order valence-corrected chi connectivity index (χ2v) is 5.39. The number of anilines is 1. The van der Waals surface area contributed by atoms with Gasteiger partial charge in [0.1, 0.15) is 0 Å². The van der Waals surface area contributed by atoms with Gasteiger partial charge in [-0.25, -0.2) is 0 Å². The van der Waals surface area contributed by atoms with E-state index in [1.165, 1.54) is 0 Å². The summed E-state index contributed by atoms with van der Waals surface area (Å²) in [6.07, 6.45) is 0.0887. The van der Waals surface area contributed by atoms with E-state index in [2.05, 4.69) is 5.32 Å². The second kappa shape index (κ2) is 7.82. The minimum Gasteiger partial charge on any atom is -0.455 e. The minimum atomic E-state index is -0.478. The van der Waals surface area contributed by atoms with Crippen LogP contribution in [0.15, 0.2) is 48.5 Å². The summed E-state index contributed by atoms with van der Waals surface area (Å²) in [6, 6.07) is 13.5. The predicted octanol–water partition coefficient (Wildman–Crippen LogP) is 3.72. The van der Waals surface area contributed by atoms with Crippen molar-refractivity contribution in [2.24, 2.45) is 0 Å². The fourth-order valence-electron chi connectivity index (χ4n) is 1.70. The van der Waals surface area contributed by atoms with E-state index in [1.807, 2.05) is 0 Å². The van der Waals surface area contributed by atoms with Gasteiger partial charge in [-0.2, -0.15) is 0 Å². The fourth-order valence-corrected chi connectivity index (χ4v) is 1.95. The zero-order valence-corrected chi connectivity index (χ0v) is 13.0. The maximum Gasteiger partial charge on any atom is 0.310 e. The molecule has 1 N–H and O–H groups in total. The third-order valence-electron chi connectivity index (χ3n) is 2.75. The molecule has 0 heterocycles. The topological polar surface area (TPSA) is 55.4 Å². The molecular formula is C16H13Cl2NO3. The van der Waals surface area contributed by atoms with Gasteiger partial charge < -0.3 is 10.1 Å². The smallest absolute Gasteiger partial charge is 0.310 e. The highest BCUT2D eigenvalue weighted by atomic mass is 35.5. The predicted molar refractivity (Wildman–Crippen MR) is 86.2 cm³/mol. The van der Waals surface area contributed by atoms with Crippen molar-refractivity contribution >= 4 is 40.8 Å². The Morgan fingerprint density at radius 2 is 1.45 bits per heavy atom. The number of ether oxygens (including phenoxy) is 1. The lowest BCUT2D eigenvalue weighted by atomic mass is 10.1. The van der Waals surface area contributed by atoms with E-state index in [4.69, 9.17) is 27.9 Å². The van der Waals surface area contributed by atoms with Crippen molar-refractivity contribution in [3.63, 3.8) is 0 Å². The summed E-state index contributed by atoms with van der Waals surface area (Å²) in [5.74, 6) is -0.889. The molecule has 0 fully saturated rings. The van der Waals surface area contributed by atoms with Gasteiger partial charge in [0.05, 0.1) is 6.42 Å². The third-order valence-corrected chi connectivity index (χ3v) is 3.26. The molecule has 6 heteroatoms. The molecule has 0 radical (unpaired) electrons. The highest BCUT2D eigenvalue weighted by Gasteiger charge is 2.09. The Hall–Kier alpha value is -2.04. The van der Waals surface area contributed by atoms with E-state index in [1.54, 1.807) is 48.5 Å². The standard InChI is InChI=1S/C16H13Cl2NO3/c17-12-3-1-11(2-4-12)9-16(21)22-10-15(20)19-14-7-5-13(18)6-8-14/h1-8H,9-10H2,(H,19,20). The van der Waals surface area contributed by atoms with E-state index < -0.39 is 11.9 Å². The van der Waals surface area contributed by atoms with Gasteiger partial charge in [-0.1, -0.05) is 35.3 Å². The second-order valence-electron chi connectivity index (χ2n) is 4.52. The molecule has 0 aliphatic heterocycles. The van der Waals surface area contributed by atoms with E-state index in [-0.39, 0.29) is 13.0 Å². The lowest BCUT2D eigenvalue weighted by Crippen LogP contribution is -2.21. The van der Waals surface area contributed by atoms with Crippen LogP contribution in [-0.2, 0) is 20.7 Å².